The Morgan fingerprint density at radius 2 is 2.00 bits per heavy atom. The minimum atomic E-state index is -3.33. The largest absolute Gasteiger partial charge is 0.493 e. The van der Waals surface area contributed by atoms with Gasteiger partial charge in [0.2, 0.25) is 10.0 Å². The van der Waals surface area contributed by atoms with Crippen molar-refractivity contribution >= 4 is 21.8 Å². The molecule has 1 fully saturated rings. The van der Waals surface area contributed by atoms with E-state index in [-0.39, 0.29) is 18.8 Å². The van der Waals surface area contributed by atoms with Gasteiger partial charge in [-0.15, -0.1) is 0 Å². The Hall–Kier alpha value is -2.00. The van der Waals surface area contributed by atoms with E-state index in [9.17, 15) is 13.2 Å². The number of hydrogen-bond acceptors (Lipinski definition) is 6. The number of hydrogen-bond donors (Lipinski definition) is 1. The van der Waals surface area contributed by atoms with Gasteiger partial charge in [0.05, 0.1) is 32.2 Å². The van der Waals surface area contributed by atoms with Crippen LogP contribution in [0.15, 0.2) is 18.2 Å². The van der Waals surface area contributed by atoms with Crippen LogP contribution in [-0.2, 0) is 14.8 Å². The van der Waals surface area contributed by atoms with Crippen molar-refractivity contribution in [3.63, 3.8) is 0 Å². The summed E-state index contributed by atoms with van der Waals surface area (Å²) in [5.41, 5.74) is 0.594. The molecule has 1 atom stereocenters. The van der Waals surface area contributed by atoms with Crippen LogP contribution in [0.3, 0.4) is 0 Å². The summed E-state index contributed by atoms with van der Waals surface area (Å²) >= 11 is 0. The summed E-state index contributed by atoms with van der Waals surface area (Å²) in [6, 6.07) is 5.08. The molecule has 1 aromatic rings. The van der Waals surface area contributed by atoms with Crippen LogP contribution < -0.4 is 19.1 Å². The molecule has 1 amide bonds. The Kier molecular flexibility index (Phi) is 5.89. The molecule has 1 aromatic carbocycles. The van der Waals surface area contributed by atoms with Crippen molar-refractivity contribution in [2.45, 2.75) is 19.4 Å². The van der Waals surface area contributed by atoms with Crippen LogP contribution in [0.5, 0.6) is 11.5 Å². The molecule has 1 N–H and O–H groups in total. The van der Waals surface area contributed by atoms with Gasteiger partial charge in [0.15, 0.2) is 11.5 Å². The molecule has 1 aliphatic rings. The average Bonchev–Trinajstić information content (AvgIpc) is 2.93. The maximum atomic E-state index is 12.0. The van der Waals surface area contributed by atoms with Gasteiger partial charge < -0.3 is 14.2 Å². The number of carbonyl (C=O) groups is 1. The molecule has 1 saturated heterocycles. The van der Waals surface area contributed by atoms with Gasteiger partial charge in [-0.3, -0.25) is 4.90 Å². The fourth-order valence-corrected chi connectivity index (χ4v) is 3.51. The molecule has 0 saturated carbocycles. The van der Waals surface area contributed by atoms with Crippen molar-refractivity contribution in [3.8, 4) is 11.5 Å². The van der Waals surface area contributed by atoms with Crippen LogP contribution in [0.1, 0.15) is 13.3 Å². The maximum Gasteiger partial charge on any atom is 0.414 e. The Labute approximate surface area is 141 Å². The number of nitrogens with zero attached hydrogens (tertiary/aromatic N) is 1. The van der Waals surface area contributed by atoms with Gasteiger partial charge in [0, 0.05) is 12.6 Å². The molecule has 0 radical (unpaired) electrons. The van der Waals surface area contributed by atoms with E-state index in [2.05, 4.69) is 4.72 Å². The number of rotatable bonds is 8. The highest BCUT2D eigenvalue weighted by atomic mass is 32.2. The molecular formula is C15H22N2O6S. The van der Waals surface area contributed by atoms with Gasteiger partial charge in [-0.25, -0.2) is 17.9 Å². The normalized spacial score (nSPS) is 17.7. The minimum Gasteiger partial charge on any atom is -0.493 e. The fraction of sp³-hybridized carbons (Fsp3) is 0.533. The number of cyclic esters (lactones) is 1. The smallest absolute Gasteiger partial charge is 0.414 e. The van der Waals surface area contributed by atoms with Crippen LogP contribution in [0.25, 0.3) is 0 Å². The molecule has 0 aliphatic carbocycles. The van der Waals surface area contributed by atoms with Crippen LogP contribution in [-0.4, -0.2) is 53.7 Å². The van der Waals surface area contributed by atoms with E-state index in [1.54, 1.807) is 25.1 Å². The number of nitrogens with one attached hydrogen (secondary N) is 1. The standard InChI is InChI=1S/C15H22N2O6S/c1-4-7-24(19,20)16-9-12-10-17(15(18)23-12)11-5-6-13(21-2)14(8-11)22-3/h5-6,8,12,16H,4,7,9-10H2,1-3H3. The molecule has 0 spiro atoms. The molecule has 0 bridgehead atoms. The Bertz CT molecular complexity index is 691. The van der Waals surface area contributed by atoms with E-state index in [0.29, 0.717) is 23.6 Å². The van der Waals surface area contributed by atoms with E-state index in [1.807, 2.05) is 0 Å². The van der Waals surface area contributed by atoms with Gasteiger partial charge in [0.25, 0.3) is 0 Å². The van der Waals surface area contributed by atoms with Crippen molar-refractivity contribution in [1.29, 1.82) is 0 Å². The topological polar surface area (TPSA) is 94.2 Å². The molecular weight excluding hydrogens is 336 g/mol. The van der Waals surface area contributed by atoms with Gasteiger partial charge >= 0.3 is 6.09 Å². The van der Waals surface area contributed by atoms with Crippen molar-refractivity contribution in [1.82, 2.24) is 4.72 Å². The van der Waals surface area contributed by atoms with Crippen molar-refractivity contribution < 1.29 is 27.4 Å². The molecule has 9 heteroatoms. The third-order valence-corrected chi connectivity index (χ3v) is 5.11. The molecule has 134 valence electrons. The third-order valence-electron chi connectivity index (χ3n) is 3.56. The molecule has 24 heavy (non-hydrogen) atoms. The number of anilines is 1. The lowest BCUT2D eigenvalue weighted by Crippen LogP contribution is -2.35. The van der Waals surface area contributed by atoms with E-state index in [4.69, 9.17) is 14.2 Å². The fourth-order valence-electron chi connectivity index (χ4n) is 2.39. The zero-order valence-corrected chi connectivity index (χ0v) is 14.8. The zero-order valence-electron chi connectivity index (χ0n) is 13.9. The van der Waals surface area contributed by atoms with E-state index >= 15 is 0 Å². The predicted octanol–water partition coefficient (Wildman–Crippen LogP) is 1.36. The molecule has 1 unspecified atom stereocenters. The highest BCUT2D eigenvalue weighted by Gasteiger charge is 2.33. The van der Waals surface area contributed by atoms with E-state index in [1.165, 1.54) is 19.1 Å². The lowest BCUT2D eigenvalue weighted by molar-refractivity contribution is 0.143. The monoisotopic (exact) mass is 358 g/mol. The molecule has 2 rings (SSSR count). The minimum absolute atomic E-state index is 0.0487. The Balaban J connectivity index is 2.05. The van der Waals surface area contributed by atoms with Crippen LogP contribution in [0.2, 0.25) is 0 Å². The second-order valence-electron chi connectivity index (χ2n) is 5.32. The van der Waals surface area contributed by atoms with Gasteiger partial charge in [-0.1, -0.05) is 6.92 Å². The molecule has 8 nitrogen and oxygen atoms in total. The lowest BCUT2D eigenvalue weighted by atomic mass is 10.2. The summed E-state index contributed by atoms with van der Waals surface area (Å²) in [6.07, 6.45) is -0.545. The van der Waals surface area contributed by atoms with Crippen molar-refractivity contribution in [2.75, 3.05) is 38.0 Å². The van der Waals surface area contributed by atoms with Crippen LogP contribution >= 0.6 is 0 Å². The van der Waals surface area contributed by atoms with Crippen LogP contribution in [0, 0.1) is 0 Å². The van der Waals surface area contributed by atoms with Gasteiger partial charge in [-0.05, 0) is 18.6 Å². The summed E-state index contributed by atoms with van der Waals surface area (Å²) in [6.45, 7) is 2.09. The summed E-state index contributed by atoms with van der Waals surface area (Å²) in [4.78, 5) is 13.5. The predicted molar refractivity (Wildman–Crippen MR) is 89.2 cm³/mol. The second-order valence-corrected chi connectivity index (χ2v) is 7.25. The summed E-state index contributed by atoms with van der Waals surface area (Å²) < 4.78 is 41.4. The number of benzene rings is 1. The first-order chi connectivity index (χ1) is 11.4. The summed E-state index contributed by atoms with van der Waals surface area (Å²) in [5.74, 6) is 1.10. The molecule has 1 heterocycles. The third kappa shape index (κ3) is 4.30. The van der Waals surface area contributed by atoms with Crippen molar-refractivity contribution in [3.05, 3.63) is 18.2 Å². The average molecular weight is 358 g/mol. The Morgan fingerprint density at radius 3 is 2.62 bits per heavy atom. The second kappa shape index (κ2) is 7.71. The van der Waals surface area contributed by atoms with Crippen LogP contribution in [0.4, 0.5) is 10.5 Å². The van der Waals surface area contributed by atoms with E-state index < -0.39 is 22.2 Å². The highest BCUT2D eigenvalue weighted by Crippen LogP contribution is 2.33. The van der Waals surface area contributed by atoms with Gasteiger partial charge in [0.1, 0.15) is 6.10 Å². The van der Waals surface area contributed by atoms with Crippen molar-refractivity contribution in [2.24, 2.45) is 0 Å². The highest BCUT2D eigenvalue weighted by molar-refractivity contribution is 7.89. The number of sulfonamides is 1. The number of amides is 1. The SMILES string of the molecule is CCCS(=O)(=O)NCC1CN(c2ccc(OC)c(OC)c2)C(=O)O1. The first-order valence-electron chi connectivity index (χ1n) is 7.57. The maximum absolute atomic E-state index is 12.0. The number of methoxy groups -OCH3 is 2. The molecule has 0 aromatic heterocycles. The number of carbonyl (C=O) groups excluding carboxylic acids is 1. The van der Waals surface area contributed by atoms with E-state index in [0.717, 1.165) is 0 Å². The summed E-state index contributed by atoms with van der Waals surface area (Å²) in [7, 11) is -0.298. The summed E-state index contributed by atoms with van der Waals surface area (Å²) in [5, 5.41) is 0. The first-order valence-corrected chi connectivity index (χ1v) is 9.23. The van der Waals surface area contributed by atoms with Gasteiger partial charge in [-0.2, -0.15) is 0 Å². The molecule has 1 aliphatic heterocycles. The quantitative estimate of drug-likeness (QED) is 0.754. The Morgan fingerprint density at radius 1 is 1.29 bits per heavy atom. The number of ether oxygens (including phenoxy) is 3. The first kappa shape index (κ1) is 18.3. The zero-order chi connectivity index (χ0) is 17.7. The lowest BCUT2D eigenvalue weighted by Gasteiger charge is -2.15.